The molecule has 0 saturated heterocycles. The van der Waals surface area contributed by atoms with E-state index in [1.807, 2.05) is 5.38 Å². The summed E-state index contributed by atoms with van der Waals surface area (Å²) in [5, 5.41) is 5.86. The van der Waals surface area contributed by atoms with Crippen LogP contribution in [0.4, 0.5) is 0 Å². The van der Waals surface area contributed by atoms with Gasteiger partial charge in [-0.3, -0.25) is 4.99 Å². The Kier molecular flexibility index (Phi) is 8.46. The number of hydrogen-bond acceptors (Lipinski definition) is 8. The van der Waals surface area contributed by atoms with Gasteiger partial charge in [0.05, 0.1) is 9.79 Å². The minimum atomic E-state index is -4.29. The van der Waals surface area contributed by atoms with Crippen LogP contribution in [0.1, 0.15) is 5.01 Å². The van der Waals surface area contributed by atoms with E-state index < -0.39 is 24.3 Å². The van der Waals surface area contributed by atoms with E-state index in [0.29, 0.717) is 12.3 Å². The number of rotatable bonds is 10. The van der Waals surface area contributed by atoms with Crippen LogP contribution < -0.4 is 5.32 Å². The molecule has 1 heterocycles. The van der Waals surface area contributed by atoms with E-state index in [4.69, 9.17) is 0 Å². The molecule has 11 heteroatoms. The molecule has 2 aromatic carbocycles. The van der Waals surface area contributed by atoms with Gasteiger partial charge in [0.15, 0.2) is 0 Å². The van der Waals surface area contributed by atoms with Crippen molar-refractivity contribution < 1.29 is 16.8 Å². The van der Waals surface area contributed by atoms with Crippen LogP contribution >= 0.6 is 23.1 Å². The Balaban J connectivity index is 1.87. The third-order valence-corrected chi connectivity index (χ3v) is 11.3. The molecular weight excluding hydrogens is 487 g/mol. The fourth-order valence-electron chi connectivity index (χ4n) is 2.93. The smallest absolute Gasteiger partial charge is 0.228 e. The van der Waals surface area contributed by atoms with Crippen LogP contribution in [0.3, 0.4) is 0 Å². The van der Waals surface area contributed by atoms with Gasteiger partial charge in [-0.1, -0.05) is 36.4 Å². The third-order valence-electron chi connectivity index (χ3n) is 4.43. The lowest BCUT2D eigenvalue weighted by atomic mass is 10.4. The van der Waals surface area contributed by atoms with E-state index in [1.54, 1.807) is 65.7 Å². The van der Waals surface area contributed by atoms with Gasteiger partial charge in [0.2, 0.25) is 24.3 Å². The predicted molar refractivity (Wildman–Crippen MR) is 131 cm³/mol. The molecule has 32 heavy (non-hydrogen) atoms. The summed E-state index contributed by atoms with van der Waals surface area (Å²) < 4.78 is 52.1. The SMILES string of the molecule is CN=C(NCCSCc1nccs1)C(S(=O)(=O)c1ccccc1)S(=O)(=O)c1ccccc1. The van der Waals surface area contributed by atoms with Crippen molar-refractivity contribution in [3.8, 4) is 0 Å². The molecule has 0 aliphatic rings. The van der Waals surface area contributed by atoms with Crippen LogP contribution in [0.25, 0.3) is 0 Å². The summed E-state index contributed by atoms with van der Waals surface area (Å²) >= 11 is 3.18. The maximum atomic E-state index is 13.5. The van der Waals surface area contributed by atoms with Crippen molar-refractivity contribution >= 4 is 48.6 Å². The number of amidine groups is 1. The van der Waals surface area contributed by atoms with E-state index in [2.05, 4.69) is 15.3 Å². The van der Waals surface area contributed by atoms with Crippen molar-refractivity contribution in [3.05, 3.63) is 77.2 Å². The molecule has 7 nitrogen and oxygen atoms in total. The average Bonchev–Trinajstić information content (AvgIpc) is 3.32. The fraction of sp³-hybridized carbons (Fsp3) is 0.238. The molecule has 1 aromatic heterocycles. The first-order valence-electron chi connectivity index (χ1n) is 9.62. The molecule has 0 aliphatic carbocycles. The number of aromatic nitrogens is 1. The molecule has 0 atom stereocenters. The Morgan fingerprint density at radius 1 is 1.00 bits per heavy atom. The number of benzene rings is 2. The lowest BCUT2D eigenvalue weighted by Crippen LogP contribution is -2.45. The van der Waals surface area contributed by atoms with Crippen molar-refractivity contribution in [1.29, 1.82) is 0 Å². The van der Waals surface area contributed by atoms with E-state index in [-0.39, 0.29) is 15.6 Å². The van der Waals surface area contributed by atoms with Gasteiger partial charge < -0.3 is 5.32 Å². The van der Waals surface area contributed by atoms with Gasteiger partial charge in [0.25, 0.3) is 0 Å². The molecule has 0 saturated carbocycles. The molecule has 0 spiro atoms. The quantitative estimate of drug-likeness (QED) is 0.254. The Hall–Kier alpha value is -2.21. The van der Waals surface area contributed by atoms with E-state index in [9.17, 15) is 16.8 Å². The average molecular weight is 510 g/mol. The topological polar surface area (TPSA) is 106 Å². The van der Waals surface area contributed by atoms with Crippen LogP contribution in [0, 0.1) is 0 Å². The zero-order valence-electron chi connectivity index (χ0n) is 17.3. The van der Waals surface area contributed by atoms with E-state index in [1.165, 1.54) is 31.3 Å². The second-order valence-corrected chi connectivity index (χ2v) is 13.0. The Bertz CT molecular complexity index is 1160. The normalized spacial score (nSPS) is 12.8. The number of thiazole rings is 1. The second-order valence-electron chi connectivity index (χ2n) is 6.56. The van der Waals surface area contributed by atoms with Gasteiger partial charge in [-0.25, -0.2) is 21.8 Å². The summed E-state index contributed by atoms with van der Waals surface area (Å²) in [6.07, 6.45) is 1.74. The monoisotopic (exact) mass is 509 g/mol. The van der Waals surface area contributed by atoms with Gasteiger partial charge in [0.1, 0.15) is 10.8 Å². The van der Waals surface area contributed by atoms with Crippen LogP contribution in [0.2, 0.25) is 0 Å². The van der Waals surface area contributed by atoms with Crippen LogP contribution in [-0.4, -0.2) is 51.6 Å². The summed E-state index contributed by atoms with van der Waals surface area (Å²) in [4.78, 5) is 8.11. The van der Waals surface area contributed by atoms with Gasteiger partial charge in [-0.05, 0) is 24.3 Å². The molecule has 0 unspecified atom stereocenters. The molecule has 0 bridgehead atoms. The van der Waals surface area contributed by atoms with Crippen molar-refractivity contribution in [2.24, 2.45) is 4.99 Å². The maximum absolute atomic E-state index is 13.5. The first kappa shape index (κ1) is 24.4. The lowest BCUT2D eigenvalue weighted by molar-refractivity contribution is 0.582. The molecular formula is C21H23N3O4S4. The maximum Gasteiger partial charge on any atom is 0.228 e. The second kappa shape index (κ2) is 11.1. The van der Waals surface area contributed by atoms with Crippen molar-refractivity contribution in [3.63, 3.8) is 0 Å². The first-order valence-corrected chi connectivity index (χ1v) is 14.7. The lowest BCUT2D eigenvalue weighted by Gasteiger charge is -2.21. The molecule has 0 fully saturated rings. The van der Waals surface area contributed by atoms with Gasteiger partial charge in [0, 0.05) is 36.7 Å². The number of aliphatic imine (C=N–C) groups is 1. The largest absolute Gasteiger partial charge is 0.371 e. The Labute approximate surface area is 196 Å². The zero-order valence-corrected chi connectivity index (χ0v) is 20.6. The highest BCUT2D eigenvalue weighted by Crippen LogP contribution is 2.26. The molecule has 1 N–H and O–H groups in total. The molecule has 3 rings (SSSR count). The summed E-state index contributed by atoms with van der Waals surface area (Å²) in [6, 6.07) is 15.1. The number of sulfone groups is 2. The summed E-state index contributed by atoms with van der Waals surface area (Å²) in [7, 11) is -7.20. The fourth-order valence-corrected chi connectivity index (χ4v) is 9.03. The predicted octanol–water partition coefficient (Wildman–Crippen LogP) is 3.27. The highest BCUT2D eigenvalue weighted by Gasteiger charge is 2.43. The van der Waals surface area contributed by atoms with Crippen molar-refractivity contribution in [2.75, 3.05) is 19.3 Å². The van der Waals surface area contributed by atoms with Gasteiger partial charge >= 0.3 is 0 Å². The number of hydrogen-bond donors (Lipinski definition) is 1. The summed E-state index contributed by atoms with van der Waals surface area (Å²) in [5.74, 6) is 1.25. The first-order chi connectivity index (χ1) is 15.4. The zero-order chi connectivity index (χ0) is 23.0. The molecule has 0 aliphatic heterocycles. The minimum Gasteiger partial charge on any atom is -0.371 e. The molecule has 3 aromatic rings. The number of nitrogens with one attached hydrogen (secondary N) is 1. The highest BCUT2D eigenvalue weighted by atomic mass is 32.3. The van der Waals surface area contributed by atoms with Crippen LogP contribution in [0.15, 0.2) is 87.0 Å². The Morgan fingerprint density at radius 2 is 1.56 bits per heavy atom. The van der Waals surface area contributed by atoms with Gasteiger partial charge in [-0.15, -0.1) is 11.3 Å². The van der Waals surface area contributed by atoms with Gasteiger partial charge in [-0.2, -0.15) is 11.8 Å². The highest BCUT2D eigenvalue weighted by molar-refractivity contribution is 8.10. The number of thioether (sulfide) groups is 1. The van der Waals surface area contributed by atoms with E-state index in [0.717, 1.165) is 10.8 Å². The van der Waals surface area contributed by atoms with Crippen LogP contribution in [0.5, 0.6) is 0 Å². The molecule has 170 valence electrons. The van der Waals surface area contributed by atoms with E-state index >= 15 is 0 Å². The van der Waals surface area contributed by atoms with Crippen molar-refractivity contribution in [1.82, 2.24) is 10.3 Å². The molecule has 0 radical (unpaired) electrons. The van der Waals surface area contributed by atoms with Crippen molar-refractivity contribution in [2.45, 2.75) is 20.1 Å². The summed E-state index contributed by atoms with van der Waals surface area (Å²) in [6.45, 7) is 0.355. The third kappa shape index (κ3) is 5.77. The minimum absolute atomic E-state index is 0.0781. The standard InChI is InChI=1S/C21H23N3O4S4/c1-22-20(24-12-14-29-16-19-23-13-15-30-19)21(31(25,26)17-8-4-2-5-9-17)32(27,28)18-10-6-3-7-11-18/h2-11,13,15,21H,12,14,16H2,1H3,(H,22,24). The summed E-state index contributed by atoms with van der Waals surface area (Å²) in [5.41, 5.74) is 0. The molecule has 0 amide bonds. The Morgan fingerprint density at radius 3 is 2.03 bits per heavy atom. The number of nitrogens with zero attached hydrogens (tertiary/aromatic N) is 2. The van der Waals surface area contributed by atoms with Crippen LogP contribution in [-0.2, 0) is 25.4 Å².